The van der Waals surface area contributed by atoms with Gasteiger partial charge in [-0.25, -0.2) is 0 Å². The summed E-state index contributed by atoms with van der Waals surface area (Å²) in [4.78, 5) is 124. The predicted octanol–water partition coefficient (Wildman–Crippen LogP) is -0.590. The van der Waals surface area contributed by atoms with Crippen LogP contribution < -0.4 is 0 Å². The molecule has 32 nitrogen and oxygen atoms in total. The molecule has 672 valence electrons. The molecule has 4 saturated heterocycles. The van der Waals surface area contributed by atoms with Crippen molar-refractivity contribution in [3.63, 3.8) is 0 Å². The molecule has 4 aromatic rings. The van der Waals surface area contributed by atoms with Gasteiger partial charge in [-0.15, -0.1) is 22.2 Å². The van der Waals surface area contributed by atoms with Crippen LogP contribution in [0, 0.1) is 0 Å². The lowest BCUT2D eigenvalue weighted by molar-refractivity contribution is 0.0561. The first-order valence-corrected chi connectivity index (χ1v) is 57.4. The van der Waals surface area contributed by atoms with E-state index in [4.69, 9.17) is 104 Å². The van der Waals surface area contributed by atoms with E-state index in [0.717, 1.165) is 19.6 Å². The SMILES string of the molecule is C.C[Si](C)(Cl)Cl.C[Si]1(C)OCCN(C(=O)c2ccc(-c3ccc(C(=O)N4CCO[Si](C)(C)OCC4)c(C(=O)N4CCO[Si](C)(C)OCC4)c3)cc2C(=O)N2CCO[Si](C)(C)OCC2)CCO1.O=C(c1ccc(-c2ccc(C(=O)N(CCO)CCO)c(C(=O)N(CCO)CCO)c2)cc1C(=O)N(CCO)CCO)N(CCO)CCO.[B]B([B])B(B([B])[B])B([B])[B].[B][B]. The Morgan fingerprint density at radius 2 is 0.484 bits per heavy atom. The molecule has 51 heteroatoms. The molecule has 0 saturated carbocycles. The van der Waals surface area contributed by atoms with Crippen LogP contribution >= 0.6 is 22.2 Å². The average Bonchev–Trinajstić information content (AvgIpc) is 0.779. The predicted molar refractivity (Wildman–Crippen MR) is 510 cm³/mol. The van der Waals surface area contributed by atoms with E-state index in [2.05, 4.69) is 15.5 Å². The van der Waals surface area contributed by atoms with E-state index in [1.807, 2.05) is 65.5 Å². The zero-order valence-corrected chi connectivity index (χ0v) is 79.9. The number of carbonyl (C=O) groups excluding carboxylic acids is 8. The van der Waals surface area contributed by atoms with Gasteiger partial charge in [-0.3, -0.25) is 38.4 Å². The van der Waals surface area contributed by atoms with Crippen LogP contribution in [-0.2, 0) is 35.4 Å². The van der Waals surface area contributed by atoms with Crippen molar-refractivity contribution in [2.45, 2.75) is 72.9 Å². The molecule has 0 aromatic heterocycles. The van der Waals surface area contributed by atoms with Crippen molar-refractivity contribution in [3.8, 4) is 22.3 Å². The van der Waals surface area contributed by atoms with Crippen molar-refractivity contribution in [3.05, 3.63) is 117 Å². The summed E-state index contributed by atoms with van der Waals surface area (Å²) in [7, 11) is 30.6. The van der Waals surface area contributed by atoms with Gasteiger partial charge in [0, 0.05) is 192 Å². The second-order valence-corrected chi connectivity index (χ2v) is 53.6. The van der Waals surface area contributed by atoms with Crippen LogP contribution in [0.3, 0.4) is 0 Å². The maximum absolute atomic E-state index is 14.6. The Morgan fingerprint density at radius 3 is 0.651 bits per heavy atom. The summed E-state index contributed by atoms with van der Waals surface area (Å²) in [5.74, 6) is -4.08. The van der Waals surface area contributed by atoms with E-state index in [9.17, 15) is 79.2 Å². The molecule has 16 radical (unpaired) electrons. The maximum Gasteiger partial charge on any atom is 0.331 e. The molecular formula is C75H118B12Cl2N8O24Si5. The maximum atomic E-state index is 14.6. The van der Waals surface area contributed by atoms with E-state index < -0.39 is 143 Å². The highest BCUT2D eigenvalue weighted by Crippen LogP contribution is 2.32. The van der Waals surface area contributed by atoms with Crippen LogP contribution in [0.4, 0.5) is 0 Å². The second kappa shape index (κ2) is 56.3. The number of hydrogen-bond donors (Lipinski definition) is 8. The first kappa shape index (κ1) is 115. The molecule has 0 unspecified atom stereocenters. The van der Waals surface area contributed by atoms with Gasteiger partial charge in [-0.1, -0.05) is 31.7 Å². The third-order valence-electron chi connectivity index (χ3n) is 19.7. The van der Waals surface area contributed by atoms with Crippen molar-refractivity contribution in [1.82, 2.24) is 39.2 Å². The molecule has 4 aliphatic rings. The van der Waals surface area contributed by atoms with Gasteiger partial charge in [0.1, 0.15) is 0 Å². The number of nitrogens with zero attached hydrogens (tertiary/aromatic N) is 8. The lowest BCUT2D eigenvalue weighted by Gasteiger charge is -2.33. The van der Waals surface area contributed by atoms with Gasteiger partial charge < -0.3 is 115 Å². The average molecular weight is 1860 g/mol. The zero-order valence-electron chi connectivity index (χ0n) is 73.4. The van der Waals surface area contributed by atoms with Crippen LogP contribution in [0.15, 0.2) is 72.8 Å². The molecule has 4 fully saturated rings. The number of amides is 8. The highest BCUT2D eigenvalue weighted by molar-refractivity contribution is 8.00. The van der Waals surface area contributed by atoms with Crippen molar-refractivity contribution in [2.24, 2.45) is 0 Å². The van der Waals surface area contributed by atoms with Crippen LogP contribution in [0.5, 0.6) is 0 Å². The number of aliphatic hydroxyl groups is 8. The largest absolute Gasteiger partial charge is 0.395 e. The summed E-state index contributed by atoms with van der Waals surface area (Å²) in [5, 5.41) is 76.1. The molecule has 4 heterocycles. The molecule has 4 aliphatic heterocycles. The van der Waals surface area contributed by atoms with Gasteiger partial charge in [0.15, 0.2) is 0 Å². The van der Waals surface area contributed by atoms with E-state index >= 15 is 0 Å². The molecule has 0 bridgehead atoms. The fourth-order valence-electron chi connectivity index (χ4n) is 13.3. The van der Waals surface area contributed by atoms with E-state index in [1.54, 1.807) is 56.0 Å². The fourth-order valence-corrected chi connectivity index (χ4v) is 18.3. The Morgan fingerprint density at radius 1 is 0.325 bits per heavy atom. The Hall–Kier alpha value is -5.56. The Labute approximate surface area is 769 Å². The van der Waals surface area contributed by atoms with E-state index in [0.29, 0.717) is 127 Å². The minimum Gasteiger partial charge on any atom is -0.395 e. The molecule has 0 aliphatic carbocycles. The third-order valence-corrected chi connectivity index (χ3v) is 26.9. The van der Waals surface area contributed by atoms with Crippen LogP contribution in [0.1, 0.15) is 90.3 Å². The third kappa shape index (κ3) is 36.9. The number of halogens is 2. The van der Waals surface area contributed by atoms with Crippen molar-refractivity contribution < 1.29 is 115 Å². The topological polar surface area (TPSA) is 398 Å². The quantitative estimate of drug-likeness (QED) is 0.0249. The van der Waals surface area contributed by atoms with Gasteiger partial charge in [-0.05, 0) is 136 Å². The highest BCUT2D eigenvalue weighted by atomic mass is 35.7. The molecule has 8 amide bonds. The summed E-state index contributed by atoms with van der Waals surface area (Å²) >= 11 is 10.9. The Balaban J connectivity index is 0.000000554. The molecule has 8 rings (SSSR count). The van der Waals surface area contributed by atoms with Crippen molar-refractivity contribution in [2.75, 3.05) is 210 Å². The molecule has 0 spiro atoms. The molecule has 126 heavy (non-hydrogen) atoms. The Kier molecular flexibility index (Phi) is 51.3. The lowest BCUT2D eigenvalue weighted by atomic mass is 8.58. The molecular weight excluding hydrogens is 1740 g/mol. The Bertz CT molecular complexity index is 3790. The summed E-state index contributed by atoms with van der Waals surface area (Å²) in [6.07, 6.45) is -2.44. The van der Waals surface area contributed by atoms with Gasteiger partial charge in [0.05, 0.1) is 150 Å². The van der Waals surface area contributed by atoms with Crippen molar-refractivity contribution in [1.29, 1.82) is 0 Å². The van der Waals surface area contributed by atoms with Crippen molar-refractivity contribution >= 4 is 198 Å². The smallest absolute Gasteiger partial charge is 0.331 e. The lowest BCUT2D eigenvalue weighted by Crippen LogP contribution is -2.62. The summed E-state index contributed by atoms with van der Waals surface area (Å²) in [5.41, 5.74) is 2.29. The fraction of sp³-hybridized carbons (Fsp3) is 0.573. The first-order valence-electron chi connectivity index (χ1n) is 41.1. The first-order chi connectivity index (χ1) is 59.0. The number of carbonyl (C=O) groups is 8. The van der Waals surface area contributed by atoms with Crippen LogP contribution in [0.2, 0.25) is 65.5 Å². The number of aliphatic hydroxyl groups excluding tert-OH is 8. The number of hydrogen-bond acceptors (Lipinski definition) is 24. The van der Waals surface area contributed by atoms with Crippen LogP contribution in [-0.4, -0.2) is 466 Å². The van der Waals surface area contributed by atoms with E-state index in [-0.39, 0.29) is 128 Å². The normalized spacial score (nSPS) is 16.2. The minimum atomic E-state index is -2.31. The standard InChI is InChI=1S/C40H62N4O12Si4.C32H46N4O12.C2H6Cl2Si.CH4.B10.B2/c1-57(2)49-21-13-41(14-22-50-57)37(45)33-11-9-31(29-35(33)39(47)43-17-25-53-59(5,6)54-26-18-43)32-10-12-34(38(46)42-15-23-51-58(3,4)52-24-16-42)36(30-32)40(48)44-19-27-55-60(7,8)56-28-20-44;37-13-5-33(6-14-38)29(45)25-3-1-23(21-27(25)31(47)35(9-17-41)10-18-42)24-2-4-26(30(46)34(7-15-39)8-16-40)28(22-24)32(48)36(11-19-43)12-20-44;1-5(2,3)4;;1-7(2)10(8(3)4)9(5)6;1-2/h9-12,29-30H,13-28H2,1-8H3;1-4,21-22,37-44H,5-20H2;1-2H3;1H4;;. The highest BCUT2D eigenvalue weighted by Gasteiger charge is 2.38. The monoisotopic (exact) mass is 1860 g/mol. The van der Waals surface area contributed by atoms with Gasteiger partial charge in [0.25, 0.3) is 47.3 Å². The zero-order chi connectivity index (χ0) is 93.7. The molecule has 8 N–H and O–H groups in total. The second-order valence-electron chi connectivity index (χ2n) is 31.2. The van der Waals surface area contributed by atoms with Gasteiger partial charge in [0.2, 0.25) is 6.69 Å². The van der Waals surface area contributed by atoms with Gasteiger partial charge >= 0.3 is 34.2 Å². The van der Waals surface area contributed by atoms with Gasteiger partial charge in [-0.2, -0.15) is 0 Å². The number of rotatable bonds is 29. The molecule has 4 aromatic carbocycles. The summed E-state index contributed by atoms with van der Waals surface area (Å²) in [6.45, 7) is 18.5. The van der Waals surface area contributed by atoms with E-state index in [1.165, 1.54) is 36.4 Å². The van der Waals surface area contributed by atoms with Crippen LogP contribution in [0.25, 0.3) is 22.3 Å². The molecule has 0 atom stereocenters. The summed E-state index contributed by atoms with van der Waals surface area (Å²) in [6, 6.07) is 18.8. The number of benzene rings is 4. The summed E-state index contributed by atoms with van der Waals surface area (Å²) < 4.78 is 48.1. The minimum absolute atomic E-state index is 0.